The molecule has 14 heavy (non-hydrogen) atoms. The summed E-state index contributed by atoms with van der Waals surface area (Å²) in [5.74, 6) is -1.87. The standard InChI is InChI=1S/C10H20O4/c1-7(2)6-10(5,12)14-13-9(11)8(3)4/h7-8,12H,6H2,1-5H3. The molecule has 0 aromatic heterocycles. The Morgan fingerprint density at radius 1 is 1.36 bits per heavy atom. The Morgan fingerprint density at radius 2 is 1.86 bits per heavy atom. The van der Waals surface area contributed by atoms with Crippen LogP contribution in [0.4, 0.5) is 0 Å². The van der Waals surface area contributed by atoms with Gasteiger partial charge in [0, 0.05) is 6.42 Å². The van der Waals surface area contributed by atoms with Crippen LogP contribution in [0, 0.1) is 11.8 Å². The second-order valence-corrected chi connectivity index (χ2v) is 4.41. The minimum atomic E-state index is -1.40. The molecule has 0 aromatic carbocycles. The Morgan fingerprint density at radius 3 is 2.21 bits per heavy atom. The summed E-state index contributed by atoms with van der Waals surface area (Å²) in [5, 5.41) is 9.62. The van der Waals surface area contributed by atoms with Crippen molar-refractivity contribution in [1.29, 1.82) is 0 Å². The Bertz CT molecular complexity index is 185. The van der Waals surface area contributed by atoms with Gasteiger partial charge >= 0.3 is 5.97 Å². The van der Waals surface area contributed by atoms with Crippen molar-refractivity contribution in [3.63, 3.8) is 0 Å². The van der Waals surface area contributed by atoms with E-state index in [1.54, 1.807) is 13.8 Å². The van der Waals surface area contributed by atoms with Crippen LogP contribution in [0.3, 0.4) is 0 Å². The van der Waals surface area contributed by atoms with Gasteiger partial charge in [-0.3, -0.25) is 4.89 Å². The molecule has 0 bridgehead atoms. The summed E-state index contributed by atoms with van der Waals surface area (Å²) >= 11 is 0. The van der Waals surface area contributed by atoms with Crippen molar-refractivity contribution in [2.75, 3.05) is 0 Å². The highest BCUT2D eigenvalue weighted by Gasteiger charge is 2.26. The quantitative estimate of drug-likeness (QED) is 0.422. The van der Waals surface area contributed by atoms with Crippen LogP contribution in [-0.2, 0) is 14.6 Å². The molecule has 0 rings (SSSR count). The topological polar surface area (TPSA) is 55.8 Å². The monoisotopic (exact) mass is 204 g/mol. The summed E-state index contributed by atoms with van der Waals surface area (Å²) in [6.07, 6.45) is 0.415. The summed E-state index contributed by atoms with van der Waals surface area (Å²) in [6.45, 7) is 8.76. The molecule has 0 saturated heterocycles. The Labute approximate surface area is 85.1 Å². The molecule has 0 spiro atoms. The first-order valence-corrected chi connectivity index (χ1v) is 4.86. The van der Waals surface area contributed by atoms with Crippen LogP contribution in [-0.4, -0.2) is 16.9 Å². The third kappa shape index (κ3) is 5.94. The molecule has 0 aliphatic rings. The summed E-state index contributed by atoms with van der Waals surface area (Å²) in [6, 6.07) is 0. The molecule has 0 aliphatic carbocycles. The summed E-state index contributed by atoms with van der Waals surface area (Å²) in [4.78, 5) is 20.2. The zero-order valence-corrected chi connectivity index (χ0v) is 9.53. The fourth-order valence-corrected chi connectivity index (χ4v) is 1.02. The highest BCUT2D eigenvalue weighted by molar-refractivity contribution is 5.70. The van der Waals surface area contributed by atoms with Crippen molar-refractivity contribution in [2.24, 2.45) is 11.8 Å². The lowest BCUT2D eigenvalue weighted by Crippen LogP contribution is -2.32. The van der Waals surface area contributed by atoms with E-state index in [0.29, 0.717) is 6.42 Å². The SMILES string of the molecule is CC(C)CC(C)(O)OOC(=O)C(C)C. The molecule has 0 heterocycles. The average Bonchev–Trinajstić information content (AvgIpc) is 1.97. The second kappa shape index (κ2) is 5.32. The summed E-state index contributed by atoms with van der Waals surface area (Å²) in [5.41, 5.74) is 0. The van der Waals surface area contributed by atoms with Crippen LogP contribution in [0.25, 0.3) is 0 Å². The molecule has 0 saturated carbocycles. The first-order valence-electron chi connectivity index (χ1n) is 4.86. The van der Waals surface area contributed by atoms with E-state index in [9.17, 15) is 9.90 Å². The van der Waals surface area contributed by atoms with E-state index in [1.165, 1.54) is 6.92 Å². The van der Waals surface area contributed by atoms with Crippen molar-refractivity contribution in [2.45, 2.75) is 46.8 Å². The van der Waals surface area contributed by atoms with Gasteiger partial charge in [-0.1, -0.05) is 27.7 Å². The highest BCUT2D eigenvalue weighted by Crippen LogP contribution is 2.18. The van der Waals surface area contributed by atoms with Gasteiger partial charge in [0.05, 0.1) is 5.92 Å². The number of carbonyl (C=O) groups is 1. The molecule has 1 atom stereocenters. The molecule has 0 radical (unpaired) electrons. The smallest absolute Gasteiger partial charge is 0.344 e. The second-order valence-electron chi connectivity index (χ2n) is 4.41. The van der Waals surface area contributed by atoms with Gasteiger partial charge < -0.3 is 5.11 Å². The molecule has 0 aliphatic heterocycles. The van der Waals surface area contributed by atoms with Crippen LogP contribution in [0.15, 0.2) is 0 Å². The van der Waals surface area contributed by atoms with Gasteiger partial charge in [-0.2, -0.15) is 4.89 Å². The Balaban J connectivity index is 3.92. The van der Waals surface area contributed by atoms with Crippen LogP contribution < -0.4 is 0 Å². The van der Waals surface area contributed by atoms with E-state index < -0.39 is 11.8 Å². The van der Waals surface area contributed by atoms with Crippen molar-refractivity contribution < 1.29 is 19.7 Å². The fourth-order valence-electron chi connectivity index (χ4n) is 1.02. The number of rotatable bonds is 5. The maximum absolute atomic E-state index is 11.0. The van der Waals surface area contributed by atoms with E-state index in [4.69, 9.17) is 0 Å². The molecule has 1 N–H and O–H groups in total. The minimum Gasteiger partial charge on any atom is -0.363 e. The van der Waals surface area contributed by atoms with Crippen molar-refractivity contribution >= 4 is 5.97 Å². The van der Waals surface area contributed by atoms with Crippen LogP contribution in [0.5, 0.6) is 0 Å². The third-order valence-electron chi connectivity index (χ3n) is 1.56. The average molecular weight is 204 g/mol. The van der Waals surface area contributed by atoms with Gasteiger partial charge in [0.1, 0.15) is 0 Å². The van der Waals surface area contributed by atoms with E-state index in [1.807, 2.05) is 13.8 Å². The number of hydrogen-bond donors (Lipinski definition) is 1. The number of hydrogen-bond acceptors (Lipinski definition) is 4. The van der Waals surface area contributed by atoms with Crippen molar-refractivity contribution in [3.05, 3.63) is 0 Å². The van der Waals surface area contributed by atoms with Crippen LogP contribution in [0.1, 0.15) is 41.0 Å². The molecule has 0 aromatic rings. The van der Waals surface area contributed by atoms with Crippen molar-refractivity contribution in [1.82, 2.24) is 0 Å². The lowest BCUT2D eigenvalue weighted by Gasteiger charge is -2.23. The van der Waals surface area contributed by atoms with E-state index in [-0.39, 0.29) is 11.8 Å². The van der Waals surface area contributed by atoms with Gasteiger partial charge in [-0.15, -0.1) is 0 Å². The van der Waals surface area contributed by atoms with Gasteiger partial charge in [-0.25, -0.2) is 4.79 Å². The molecule has 1 unspecified atom stereocenters. The third-order valence-corrected chi connectivity index (χ3v) is 1.56. The lowest BCUT2D eigenvalue weighted by molar-refractivity contribution is -0.392. The first kappa shape index (κ1) is 13.4. The van der Waals surface area contributed by atoms with E-state index >= 15 is 0 Å². The summed E-state index contributed by atoms with van der Waals surface area (Å²) < 4.78 is 0. The zero-order chi connectivity index (χ0) is 11.4. The zero-order valence-electron chi connectivity index (χ0n) is 9.53. The van der Waals surface area contributed by atoms with Gasteiger partial charge in [-0.05, 0) is 12.8 Å². The van der Waals surface area contributed by atoms with Crippen molar-refractivity contribution in [3.8, 4) is 0 Å². The largest absolute Gasteiger partial charge is 0.363 e. The minimum absolute atomic E-state index is 0.259. The molecule has 84 valence electrons. The molecular formula is C10H20O4. The lowest BCUT2D eigenvalue weighted by atomic mass is 10.1. The molecule has 4 heteroatoms. The maximum atomic E-state index is 11.0. The fraction of sp³-hybridized carbons (Fsp3) is 0.900. The predicted molar refractivity (Wildman–Crippen MR) is 52.1 cm³/mol. The van der Waals surface area contributed by atoms with E-state index in [2.05, 4.69) is 9.78 Å². The van der Waals surface area contributed by atoms with Crippen LogP contribution in [0.2, 0.25) is 0 Å². The normalized spacial score (nSPS) is 15.7. The predicted octanol–water partition coefficient (Wildman–Crippen LogP) is 1.87. The van der Waals surface area contributed by atoms with E-state index in [0.717, 1.165) is 0 Å². The highest BCUT2D eigenvalue weighted by atomic mass is 17.2. The number of carbonyl (C=O) groups excluding carboxylic acids is 1. The van der Waals surface area contributed by atoms with Gasteiger partial charge in [0.25, 0.3) is 0 Å². The molecule has 0 fully saturated rings. The Hall–Kier alpha value is -0.610. The summed E-state index contributed by atoms with van der Waals surface area (Å²) in [7, 11) is 0. The molecule has 4 nitrogen and oxygen atoms in total. The van der Waals surface area contributed by atoms with Gasteiger partial charge in [0.15, 0.2) is 0 Å². The van der Waals surface area contributed by atoms with Crippen LogP contribution >= 0.6 is 0 Å². The van der Waals surface area contributed by atoms with Gasteiger partial charge in [0.2, 0.25) is 5.79 Å². The first-order chi connectivity index (χ1) is 6.24. The molecular weight excluding hydrogens is 184 g/mol. The molecule has 0 amide bonds. The number of aliphatic hydroxyl groups is 1. The maximum Gasteiger partial charge on any atom is 0.344 e. The Kier molecular flexibility index (Phi) is 5.08.